The van der Waals surface area contributed by atoms with Crippen molar-refractivity contribution in [3.63, 3.8) is 0 Å². The lowest BCUT2D eigenvalue weighted by molar-refractivity contribution is 0.101. The van der Waals surface area contributed by atoms with Gasteiger partial charge in [-0.05, 0) is 54.7 Å². The number of ketones is 1. The molecule has 4 rings (SSSR count). The van der Waals surface area contributed by atoms with E-state index in [1.54, 1.807) is 22.2 Å². The molecule has 0 saturated heterocycles. The summed E-state index contributed by atoms with van der Waals surface area (Å²) in [7, 11) is 1.72. The van der Waals surface area contributed by atoms with Gasteiger partial charge in [-0.2, -0.15) is 0 Å². The summed E-state index contributed by atoms with van der Waals surface area (Å²) >= 11 is 0. The van der Waals surface area contributed by atoms with Crippen molar-refractivity contribution in [1.29, 1.82) is 0 Å². The highest BCUT2D eigenvalue weighted by Crippen LogP contribution is 2.35. The van der Waals surface area contributed by atoms with Crippen LogP contribution in [0, 0.1) is 12.8 Å². The van der Waals surface area contributed by atoms with Gasteiger partial charge in [0.25, 0.3) is 0 Å². The van der Waals surface area contributed by atoms with Crippen LogP contribution in [0.5, 0.6) is 0 Å². The minimum Gasteiger partial charge on any atom is -0.294 e. The van der Waals surface area contributed by atoms with E-state index in [0.717, 1.165) is 11.0 Å². The first-order chi connectivity index (χ1) is 11.8. The van der Waals surface area contributed by atoms with E-state index in [4.69, 9.17) is 0 Å². The molecule has 0 saturated carbocycles. The SMILES string of the molecule is CC(=O)c1cccc2c1n(C)c(=O)n2CC(C)C.Cc1cc2cc-2c1. The summed E-state index contributed by atoms with van der Waals surface area (Å²) in [5.74, 6) is 0.368. The molecule has 0 fully saturated rings. The minimum absolute atomic E-state index is 0.0158. The Morgan fingerprint density at radius 1 is 1.12 bits per heavy atom. The Bertz CT molecular complexity index is 1000. The van der Waals surface area contributed by atoms with Crippen LogP contribution < -0.4 is 5.69 Å². The van der Waals surface area contributed by atoms with Gasteiger partial charge in [-0.3, -0.25) is 13.9 Å². The molecule has 4 nitrogen and oxygen atoms in total. The smallest absolute Gasteiger partial charge is 0.294 e. The largest absolute Gasteiger partial charge is 0.328 e. The Kier molecular flexibility index (Phi) is 4.38. The van der Waals surface area contributed by atoms with Crippen LogP contribution in [0.3, 0.4) is 0 Å². The van der Waals surface area contributed by atoms with Crippen LogP contribution in [0.2, 0.25) is 0 Å². The van der Waals surface area contributed by atoms with E-state index in [9.17, 15) is 9.59 Å². The van der Waals surface area contributed by atoms with Crippen molar-refractivity contribution in [3.8, 4) is 11.1 Å². The number of carbonyl (C=O) groups is 1. The molecule has 0 N–H and O–H groups in total. The van der Waals surface area contributed by atoms with E-state index in [1.807, 2.05) is 12.1 Å². The normalized spacial score (nSPS) is 11.4. The van der Waals surface area contributed by atoms with Gasteiger partial charge < -0.3 is 0 Å². The molecule has 2 aliphatic rings. The molecule has 0 unspecified atom stereocenters. The van der Waals surface area contributed by atoms with Crippen molar-refractivity contribution in [2.24, 2.45) is 13.0 Å². The van der Waals surface area contributed by atoms with Crippen LogP contribution in [0.4, 0.5) is 0 Å². The van der Waals surface area contributed by atoms with E-state index in [2.05, 4.69) is 39.0 Å². The molecular formula is C21H24N2O2. The molecule has 1 aromatic heterocycles. The second-order valence-electron chi connectivity index (χ2n) is 7.16. The van der Waals surface area contributed by atoms with E-state index >= 15 is 0 Å². The number of carbonyl (C=O) groups excluding carboxylic acids is 1. The summed E-state index contributed by atoms with van der Waals surface area (Å²) in [5, 5.41) is 0. The highest BCUT2D eigenvalue weighted by molar-refractivity contribution is 6.05. The number of para-hydroxylation sites is 1. The molecular weight excluding hydrogens is 312 g/mol. The van der Waals surface area contributed by atoms with Gasteiger partial charge in [-0.1, -0.05) is 32.0 Å². The van der Waals surface area contributed by atoms with Crippen molar-refractivity contribution >= 4 is 16.8 Å². The fraction of sp³-hybridized carbons (Fsp3) is 0.333. The van der Waals surface area contributed by atoms with Crippen LogP contribution in [-0.2, 0) is 13.6 Å². The highest BCUT2D eigenvalue weighted by atomic mass is 16.2. The van der Waals surface area contributed by atoms with Crippen molar-refractivity contribution in [2.45, 2.75) is 34.2 Å². The summed E-state index contributed by atoms with van der Waals surface area (Å²) in [6.07, 6.45) is 0. The van der Waals surface area contributed by atoms with E-state index in [0.29, 0.717) is 18.0 Å². The predicted molar refractivity (Wildman–Crippen MR) is 102 cm³/mol. The number of aromatic nitrogens is 2. The fourth-order valence-electron chi connectivity index (χ4n) is 3.22. The minimum atomic E-state index is -0.0626. The molecule has 0 atom stereocenters. The number of Topliss-reactive ketones (excluding diaryl/α,β-unsaturated/α-hetero) is 1. The first-order valence-corrected chi connectivity index (χ1v) is 8.61. The van der Waals surface area contributed by atoms with Crippen LogP contribution >= 0.6 is 0 Å². The first-order valence-electron chi connectivity index (χ1n) is 8.61. The maximum atomic E-state index is 12.2. The maximum Gasteiger partial charge on any atom is 0.328 e. The van der Waals surface area contributed by atoms with Crippen molar-refractivity contribution in [2.75, 3.05) is 0 Å². The lowest BCUT2D eigenvalue weighted by Crippen LogP contribution is -2.24. The summed E-state index contributed by atoms with van der Waals surface area (Å²) in [6.45, 7) is 8.46. The number of aryl methyl sites for hydroxylation is 2. The fourth-order valence-corrected chi connectivity index (χ4v) is 3.22. The molecule has 130 valence electrons. The van der Waals surface area contributed by atoms with Gasteiger partial charge in [0, 0.05) is 19.2 Å². The zero-order valence-corrected chi connectivity index (χ0v) is 15.5. The van der Waals surface area contributed by atoms with Crippen LogP contribution in [0.1, 0.15) is 36.7 Å². The molecule has 0 amide bonds. The average Bonchev–Trinajstić information content (AvgIpc) is 3.09. The summed E-state index contributed by atoms with van der Waals surface area (Å²) in [5.41, 5.74) is 6.39. The van der Waals surface area contributed by atoms with E-state index < -0.39 is 0 Å². The van der Waals surface area contributed by atoms with Crippen LogP contribution in [0.25, 0.3) is 22.2 Å². The second kappa shape index (κ2) is 6.36. The monoisotopic (exact) mass is 336 g/mol. The molecule has 0 radical (unpaired) electrons. The molecule has 1 aromatic carbocycles. The van der Waals surface area contributed by atoms with Gasteiger partial charge in [0.2, 0.25) is 0 Å². The highest BCUT2D eigenvalue weighted by Gasteiger charge is 2.16. The third kappa shape index (κ3) is 3.29. The van der Waals surface area contributed by atoms with Gasteiger partial charge in [0.1, 0.15) is 0 Å². The Morgan fingerprint density at radius 3 is 2.24 bits per heavy atom. The number of hydrogen-bond acceptors (Lipinski definition) is 2. The number of rotatable bonds is 3. The standard InChI is InChI=1S/C14H18N2O2.C7H6/c1-9(2)8-16-12-7-5-6-11(10(3)17)13(12)15(4)14(16)18;1-5-2-6-4-7(6)3-5/h5-7,9H,8H2,1-4H3;2-4H,1H3. The van der Waals surface area contributed by atoms with Gasteiger partial charge >= 0.3 is 5.69 Å². The average molecular weight is 336 g/mol. The zero-order valence-electron chi connectivity index (χ0n) is 15.5. The van der Waals surface area contributed by atoms with Gasteiger partial charge in [-0.15, -0.1) is 0 Å². The molecule has 1 heterocycles. The lowest BCUT2D eigenvalue weighted by Gasteiger charge is -2.06. The van der Waals surface area contributed by atoms with Crippen LogP contribution in [0.15, 0.2) is 41.2 Å². The maximum absolute atomic E-state index is 12.2. The number of fused-ring (bicyclic) bond motifs is 2. The number of benzene rings is 2. The molecule has 2 aliphatic carbocycles. The topological polar surface area (TPSA) is 44.0 Å². The number of imidazole rings is 1. The van der Waals surface area contributed by atoms with Crippen molar-refractivity contribution in [1.82, 2.24) is 9.13 Å². The number of nitrogens with zero attached hydrogens (tertiary/aromatic N) is 2. The number of hydrogen-bond donors (Lipinski definition) is 0. The van der Waals surface area contributed by atoms with Gasteiger partial charge in [-0.25, -0.2) is 4.79 Å². The van der Waals surface area contributed by atoms with E-state index in [-0.39, 0.29) is 11.5 Å². The summed E-state index contributed by atoms with van der Waals surface area (Å²) in [6, 6.07) is 12.1. The van der Waals surface area contributed by atoms with Gasteiger partial charge in [0.05, 0.1) is 11.0 Å². The molecule has 0 aliphatic heterocycles. The predicted octanol–water partition coefficient (Wildman–Crippen LogP) is 4.17. The molecule has 25 heavy (non-hydrogen) atoms. The van der Waals surface area contributed by atoms with Crippen molar-refractivity contribution in [3.05, 3.63) is 58.0 Å². The quantitative estimate of drug-likeness (QED) is 0.527. The van der Waals surface area contributed by atoms with Crippen molar-refractivity contribution < 1.29 is 4.79 Å². The van der Waals surface area contributed by atoms with Gasteiger partial charge in [0.15, 0.2) is 5.78 Å². The Balaban J connectivity index is 0.000000213. The molecule has 2 aromatic rings. The molecule has 4 heteroatoms. The molecule has 0 spiro atoms. The van der Waals surface area contributed by atoms with Crippen LogP contribution in [-0.4, -0.2) is 14.9 Å². The van der Waals surface area contributed by atoms with E-state index in [1.165, 1.54) is 23.6 Å². The molecule has 0 bridgehead atoms. The summed E-state index contributed by atoms with van der Waals surface area (Å²) in [4.78, 5) is 23.8. The second-order valence-corrected chi connectivity index (χ2v) is 7.16. The third-order valence-corrected chi connectivity index (χ3v) is 4.41. The zero-order chi connectivity index (χ0) is 18.3. The summed E-state index contributed by atoms with van der Waals surface area (Å²) < 4.78 is 3.31. The lowest BCUT2D eigenvalue weighted by atomic mass is 10.1. The first kappa shape index (κ1) is 17.2. The Labute approximate surface area is 147 Å². The Hall–Kier alpha value is -2.62. The Morgan fingerprint density at radius 2 is 1.76 bits per heavy atom. The third-order valence-electron chi connectivity index (χ3n) is 4.41.